The highest BCUT2D eigenvalue weighted by Gasteiger charge is 2.33. The van der Waals surface area contributed by atoms with Gasteiger partial charge in [-0.3, -0.25) is 4.68 Å². The largest absolute Gasteiger partial charge is 0.416 e. The first-order chi connectivity index (χ1) is 15.6. The topological polar surface area (TPSA) is 46.5 Å². The molecule has 0 amide bonds. The van der Waals surface area contributed by atoms with E-state index in [1.54, 1.807) is 18.5 Å². The average Bonchev–Trinajstić information content (AvgIpc) is 3.40. The Morgan fingerprint density at radius 1 is 1.24 bits per heavy atom. The zero-order valence-electron chi connectivity index (χ0n) is 18.6. The van der Waals surface area contributed by atoms with E-state index < -0.39 is 11.7 Å². The predicted molar refractivity (Wildman–Crippen MR) is 129 cm³/mol. The van der Waals surface area contributed by atoms with Crippen LogP contribution in [-0.2, 0) is 0 Å². The minimum absolute atomic E-state index is 0.0200. The quantitative estimate of drug-likeness (QED) is 0.319. The molecule has 1 atom stereocenters. The van der Waals surface area contributed by atoms with Gasteiger partial charge in [0.25, 0.3) is 0 Å². The summed E-state index contributed by atoms with van der Waals surface area (Å²) in [5.74, 6) is 0. The summed E-state index contributed by atoms with van der Waals surface area (Å²) >= 11 is 5.73. The molecule has 0 aliphatic heterocycles. The molecule has 8 heteroatoms. The smallest absolute Gasteiger partial charge is 0.346 e. The van der Waals surface area contributed by atoms with Crippen molar-refractivity contribution in [2.24, 2.45) is 0 Å². The minimum Gasteiger partial charge on any atom is -0.346 e. The van der Waals surface area contributed by atoms with E-state index in [2.05, 4.69) is 42.1 Å². The third-order valence-corrected chi connectivity index (χ3v) is 5.52. The first-order valence-corrected chi connectivity index (χ1v) is 11.0. The van der Waals surface area contributed by atoms with Crippen molar-refractivity contribution >= 4 is 28.7 Å². The Kier molecular flexibility index (Phi) is 7.64. The summed E-state index contributed by atoms with van der Waals surface area (Å²) in [7, 11) is 0. The second-order valence-electron chi connectivity index (χ2n) is 7.78. The van der Waals surface area contributed by atoms with E-state index in [1.165, 1.54) is 6.08 Å². The van der Waals surface area contributed by atoms with Gasteiger partial charge in [0.05, 0.1) is 17.8 Å². The fourth-order valence-electron chi connectivity index (χ4n) is 3.61. The molecule has 0 spiro atoms. The van der Waals surface area contributed by atoms with E-state index in [-0.39, 0.29) is 10.6 Å². The highest BCUT2D eigenvalue weighted by atomic mass is 35.5. The van der Waals surface area contributed by atoms with Crippen LogP contribution in [0.4, 0.5) is 13.2 Å². The fourth-order valence-corrected chi connectivity index (χ4v) is 3.73. The molecular weight excluding hydrogens is 449 g/mol. The maximum Gasteiger partial charge on any atom is 0.416 e. The summed E-state index contributed by atoms with van der Waals surface area (Å²) in [5, 5.41) is 5.28. The molecule has 3 heterocycles. The van der Waals surface area contributed by atoms with Crippen LogP contribution >= 0.6 is 11.6 Å². The molecule has 3 aromatic rings. The number of hydrogen-bond donors (Lipinski definition) is 1. The van der Waals surface area contributed by atoms with Gasteiger partial charge in [-0.1, -0.05) is 57.2 Å². The number of halogens is 4. The summed E-state index contributed by atoms with van der Waals surface area (Å²) in [5.41, 5.74) is 1.96. The van der Waals surface area contributed by atoms with Gasteiger partial charge < -0.3 is 4.98 Å². The first kappa shape index (κ1) is 24.6. The lowest BCUT2D eigenvalue weighted by molar-refractivity contribution is -0.0886. The standard InChI is InChI=1S/C25H26ClF3N4/c1-5-7-22(6-2)33-15-21(14-32-33)20-11-23-19(12-30-24(23)31-13-20)9-8-18(10-16(3)26)17(4)25(27,28)29/h8-15,22H,3-7H2,1-2H3,(H,30,31)/b9-8+,18-10-. The second kappa shape index (κ2) is 10.3. The zero-order valence-corrected chi connectivity index (χ0v) is 19.3. The summed E-state index contributed by atoms with van der Waals surface area (Å²) in [6.45, 7) is 10.9. The van der Waals surface area contributed by atoms with Crippen LogP contribution < -0.4 is 0 Å². The predicted octanol–water partition coefficient (Wildman–Crippen LogP) is 7.99. The molecule has 3 aromatic heterocycles. The SMILES string of the molecule is C=C(Cl)/C=C(/C=C/c1c[nH]c2ncc(-c3cnn(C(CC)CCC)c3)cc12)C(=C)C(F)(F)F. The Hall–Kier alpha value is -3.06. The van der Waals surface area contributed by atoms with Gasteiger partial charge in [0.15, 0.2) is 0 Å². The average molecular weight is 475 g/mol. The van der Waals surface area contributed by atoms with Crippen LogP contribution in [0.25, 0.3) is 28.2 Å². The molecule has 1 unspecified atom stereocenters. The van der Waals surface area contributed by atoms with E-state index in [0.717, 1.165) is 41.9 Å². The Balaban J connectivity index is 1.95. The molecule has 0 aliphatic rings. The Bertz CT molecular complexity index is 1210. The van der Waals surface area contributed by atoms with Crippen LogP contribution in [0.5, 0.6) is 0 Å². The van der Waals surface area contributed by atoms with Gasteiger partial charge in [0.1, 0.15) is 5.65 Å². The number of pyridine rings is 1. The number of H-pyrrole nitrogens is 1. The number of rotatable bonds is 9. The second-order valence-corrected chi connectivity index (χ2v) is 8.27. The van der Waals surface area contributed by atoms with Crippen LogP contribution in [-0.4, -0.2) is 25.9 Å². The van der Waals surface area contributed by atoms with Crippen LogP contribution in [0, 0.1) is 0 Å². The molecule has 3 rings (SSSR count). The number of nitrogens with one attached hydrogen (secondary N) is 1. The van der Waals surface area contributed by atoms with Crippen molar-refractivity contribution < 1.29 is 13.2 Å². The Morgan fingerprint density at radius 3 is 2.64 bits per heavy atom. The molecule has 0 saturated carbocycles. The normalized spacial score (nSPS) is 13.7. The monoisotopic (exact) mass is 474 g/mol. The van der Waals surface area contributed by atoms with Crippen LogP contribution in [0.15, 0.2) is 72.3 Å². The van der Waals surface area contributed by atoms with Crippen molar-refractivity contribution in [2.75, 3.05) is 0 Å². The van der Waals surface area contributed by atoms with E-state index in [4.69, 9.17) is 11.6 Å². The number of aromatic amines is 1. The van der Waals surface area contributed by atoms with Crippen LogP contribution in [0.3, 0.4) is 0 Å². The lowest BCUT2D eigenvalue weighted by Gasteiger charge is -2.13. The maximum atomic E-state index is 13.2. The summed E-state index contributed by atoms with van der Waals surface area (Å²) < 4.78 is 41.5. The Labute approximate surface area is 196 Å². The molecule has 0 bridgehead atoms. The van der Waals surface area contributed by atoms with Crippen molar-refractivity contribution in [1.82, 2.24) is 19.7 Å². The highest BCUT2D eigenvalue weighted by Crippen LogP contribution is 2.32. The number of fused-ring (bicyclic) bond motifs is 1. The van der Waals surface area contributed by atoms with E-state index in [9.17, 15) is 13.2 Å². The van der Waals surface area contributed by atoms with E-state index in [0.29, 0.717) is 17.3 Å². The number of allylic oxidation sites excluding steroid dienone is 5. The molecule has 33 heavy (non-hydrogen) atoms. The molecular formula is C25H26ClF3N4. The van der Waals surface area contributed by atoms with Crippen LogP contribution in [0.2, 0.25) is 0 Å². The molecule has 174 valence electrons. The lowest BCUT2D eigenvalue weighted by atomic mass is 10.0. The zero-order chi connectivity index (χ0) is 24.2. The highest BCUT2D eigenvalue weighted by molar-refractivity contribution is 6.31. The number of hydrogen-bond acceptors (Lipinski definition) is 2. The van der Waals surface area contributed by atoms with E-state index >= 15 is 0 Å². The van der Waals surface area contributed by atoms with Crippen molar-refractivity contribution in [2.45, 2.75) is 45.3 Å². The summed E-state index contributed by atoms with van der Waals surface area (Å²) in [6.07, 6.45) is 9.85. The molecule has 4 nitrogen and oxygen atoms in total. The molecule has 0 radical (unpaired) electrons. The number of nitrogens with zero attached hydrogens (tertiary/aromatic N) is 3. The first-order valence-electron chi connectivity index (χ1n) is 10.7. The molecule has 0 saturated heterocycles. The van der Waals surface area contributed by atoms with Crippen molar-refractivity contribution in [3.8, 4) is 11.1 Å². The van der Waals surface area contributed by atoms with Crippen LogP contribution in [0.1, 0.15) is 44.7 Å². The molecule has 0 aromatic carbocycles. The van der Waals surface area contributed by atoms with Gasteiger partial charge in [-0.2, -0.15) is 18.3 Å². The lowest BCUT2D eigenvalue weighted by Crippen LogP contribution is -2.12. The van der Waals surface area contributed by atoms with Gasteiger partial charge in [-0.25, -0.2) is 4.98 Å². The Morgan fingerprint density at radius 2 is 2.00 bits per heavy atom. The number of alkyl halides is 3. The third-order valence-electron chi connectivity index (χ3n) is 5.41. The number of aromatic nitrogens is 4. The third kappa shape index (κ3) is 5.85. The summed E-state index contributed by atoms with van der Waals surface area (Å²) in [4.78, 5) is 7.51. The van der Waals surface area contributed by atoms with Gasteiger partial charge in [0, 0.05) is 45.7 Å². The van der Waals surface area contributed by atoms with Crippen molar-refractivity contribution in [3.05, 3.63) is 77.9 Å². The molecule has 0 aliphatic carbocycles. The van der Waals surface area contributed by atoms with Gasteiger partial charge >= 0.3 is 6.18 Å². The molecule has 0 fully saturated rings. The maximum absolute atomic E-state index is 13.2. The van der Waals surface area contributed by atoms with Gasteiger partial charge in [-0.05, 0) is 30.6 Å². The van der Waals surface area contributed by atoms with E-state index in [1.807, 2.05) is 23.1 Å². The van der Waals surface area contributed by atoms with Crippen molar-refractivity contribution in [1.29, 1.82) is 0 Å². The molecule has 1 N–H and O–H groups in total. The fraction of sp³-hybridized carbons (Fsp3) is 0.280. The minimum atomic E-state index is -4.58. The van der Waals surface area contributed by atoms with Gasteiger partial charge in [0.2, 0.25) is 0 Å². The van der Waals surface area contributed by atoms with Gasteiger partial charge in [-0.15, -0.1) is 0 Å². The summed E-state index contributed by atoms with van der Waals surface area (Å²) in [6, 6.07) is 2.29. The van der Waals surface area contributed by atoms with Crippen molar-refractivity contribution in [3.63, 3.8) is 0 Å².